The minimum Gasteiger partial charge on any atom is -0.486 e. The number of nitrogens with one attached hydrogen (secondary N) is 1. The fourth-order valence-electron chi connectivity index (χ4n) is 1.95. The molecule has 0 spiro atoms. The lowest BCUT2D eigenvalue weighted by atomic mass is 10.2. The van der Waals surface area contributed by atoms with E-state index in [9.17, 15) is 9.18 Å². The lowest BCUT2D eigenvalue weighted by Crippen LogP contribution is -2.16. The van der Waals surface area contributed by atoms with Gasteiger partial charge in [-0.3, -0.25) is 4.79 Å². The van der Waals surface area contributed by atoms with E-state index in [0.29, 0.717) is 30.4 Å². The van der Waals surface area contributed by atoms with Crippen LogP contribution in [0, 0.1) is 5.82 Å². The molecular weight excluding hydrogens is 261 g/mol. The smallest absolute Gasteiger partial charge is 0.255 e. The molecule has 102 valence electrons. The van der Waals surface area contributed by atoms with E-state index in [1.165, 1.54) is 18.2 Å². The first-order valence-electron chi connectivity index (χ1n) is 6.19. The van der Waals surface area contributed by atoms with E-state index in [0.717, 1.165) is 0 Å². The van der Waals surface area contributed by atoms with Crippen LogP contribution in [0.2, 0.25) is 0 Å². The summed E-state index contributed by atoms with van der Waals surface area (Å²) in [6.45, 7) is 0.996. The van der Waals surface area contributed by atoms with E-state index in [-0.39, 0.29) is 11.5 Å². The monoisotopic (exact) mass is 273 g/mol. The molecule has 0 fully saturated rings. The van der Waals surface area contributed by atoms with Crippen LogP contribution in [0.4, 0.5) is 10.1 Å². The van der Waals surface area contributed by atoms with Gasteiger partial charge in [0.25, 0.3) is 5.91 Å². The second kappa shape index (κ2) is 5.21. The quantitative estimate of drug-likeness (QED) is 0.915. The Morgan fingerprint density at radius 2 is 1.85 bits per heavy atom. The zero-order valence-electron chi connectivity index (χ0n) is 10.6. The van der Waals surface area contributed by atoms with Gasteiger partial charge in [-0.15, -0.1) is 0 Å². The van der Waals surface area contributed by atoms with Crippen LogP contribution in [-0.4, -0.2) is 19.1 Å². The fraction of sp³-hybridized carbons (Fsp3) is 0.133. The number of halogens is 1. The van der Waals surface area contributed by atoms with E-state index in [1.807, 2.05) is 0 Å². The van der Waals surface area contributed by atoms with Crippen LogP contribution in [0.3, 0.4) is 0 Å². The molecular formula is C15H12FNO3. The van der Waals surface area contributed by atoms with Gasteiger partial charge in [-0.25, -0.2) is 4.39 Å². The Kier molecular flexibility index (Phi) is 3.25. The van der Waals surface area contributed by atoms with Crippen LogP contribution in [0.1, 0.15) is 10.4 Å². The minimum atomic E-state index is -0.445. The maximum absolute atomic E-state index is 13.1. The lowest BCUT2D eigenvalue weighted by Gasteiger charge is -2.19. The van der Waals surface area contributed by atoms with Crippen molar-refractivity contribution in [2.24, 2.45) is 0 Å². The van der Waals surface area contributed by atoms with Gasteiger partial charge in [0, 0.05) is 17.3 Å². The molecule has 1 aliphatic heterocycles. The third kappa shape index (κ3) is 2.56. The van der Waals surface area contributed by atoms with Gasteiger partial charge in [-0.1, -0.05) is 6.07 Å². The van der Waals surface area contributed by atoms with Gasteiger partial charge >= 0.3 is 0 Å². The van der Waals surface area contributed by atoms with Gasteiger partial charge in [-0.2, -0.15) is 0 Å². The zero-order valence-corrected chi connectivity index (χ0v) is 10.6. The summed E-state index contributed by atoms with van der Waals surface area (Å²) in [6.07, 6.45) is 0. The molecule has 20 heavy (non-hydrogen) atoms. The molecule has 0 aliphatic carbocycles. The molecule has 2 aromatic carbocycles. The van der Waals surface area contributed by atoms with Crippen molar-refractivity contribution >= 4 is 11.6 Å². The number of amides is 1. The van der Waals surface area contributed by atoms with Crippen molar-refractivity contribution in [3.8, 4) is 11.5 Å². The van der Waals surface area contributed by atoms with Crippen molar-refractivity contribution < 1.29 is 18.7 Å². The molecule has 1 aliphatic rings. The second-order valence-corrected chi connectivity index (χ2v) is 4.32. The van der Waals surface area contributed by atoms with Crippen LogP contribution in [0.5, 0.6) is 11.5 Å². The van der Waals surface area contributed by atoms with Crippen LogP contribution >= 0.6 is 0 Å². The first-order chi connectivity index (χ1) is 9.72. The number of fused-ring (bicyclic) bond motifs is 1. The number of hydrogen-bond donors (Lipinski definition) is 1. The molecule has 0 aromatic heterocycles. The molecule has 0 radical (unpaired) electrons. The summed E-state index contributed by atoms with van der Waals surface area (Å²) in [7, 11) is 0. The molecule has 2 aromatic rings. The summed E-state index contributed by atoms with van der Waals surface area (Å²) in [4.78, 5) is 12.0. The lowest BCUT2D eigenvalue weighted by molar-refractivity contribution is 0.102. The van der Waals surface area contributed by atoms with Crippen LogP contribution in [0.15, 0.2) is 42.5 Å². The van der Waals surface area contributed by atoms with Crippen molar-refractivity contribution in [3.63, 3.8) is 0 Å². The van der Waals surface area contributed by atoms with Crippen molar-refractivity contribution in [2.75, 3.05) is 18.5 Å². The SMILES string of the molecule is O=C(Nc1ccc2c(c1)OCCO2)c1cccc(F)c1. The number of carbonyl (C=O) groups excluding carboxylic acids is 1. The van der Waals surface area contributed by atoms with E-state index < -0.39 is 5.82 Å². The molecule has 1 heterocycles. The Balaban J connectivity index is 1.79. The van der Waals surface area contributed by atoms with Gasteiger partial charge in [0.05, 0.1) is 0 Å². The summed E-state index contributed by atoms with van der Waals surface area (Å²) < 4.78 is 23.9. The summed E-state index contributed by atoms with van der Waals surface area (Å²) in [5.41, 5.74) is 0.836. The number of benzene rings is 2. The number of anilines is 1. The normalized spacial score (nSPS) is 12.8. The van der Waals surface area contributed by atoms with Crippen LogP contribution < -0.4 is 14.8 Å². The first kappa shape index (κ1) is 12.5. The summed E-state index contributed by atoms with van der Waals surface area (Å²) >= 11 is 0. The predicted molar refractivity (Wildman–Crippen MR) is 71.8 cm³/mol. The first-order valence-corrected chi connectivity index (χ1v) is 6.19. The highest BCUT2D eigenvalue weighted by molar-refractivity contribution is 6.04. The molecule has 1 N–H and O–H groups in total. The molecule has 5 heteroatoms. The number of hydrogen-bond acceptors (Lipinski definition) is 3. The maximum atomic E-state index is 13.1. The highest BCUT2D eigenvalue weighted by atomic mass is 19.1. The number of rotatable bonds is 2. The summed E-state index contributed by atoms with van der Waals surface area (Å²) in [5, 5.41) is 2.69. The van der Waals surface area contributed by atoms with Crippen LogP contribution in [-0.2, 0) is 0 Å². The standard InChI is InChI=1S/C15H12FNO3/c16-11-3-1-2-10(8-11)15(18)17-12-4-5-13-14(9-12)20-7-6-19-13/h1-5,8-9H,6-7H2,(H,17,18). The molecule has 0 saturated carbocycles. The van der Waals surface area contributed by atoms with E-state index in [4.69, 9.17) is 9.47 Å². The van der Waals surface area contributed by atoms with Crippen molar-refractivity contribution in [1.82, 2.24) is 0 Å². The predicted octanol–water partition coefficient (Wildman–Crippen LogP) is 2.85. The average Bonchev–Trinajstić information content (AvgIpc) is 2.47. The average molecular weight is 273 g/mol. The Morgan fingerprint density at radius 1 is 1.05 bits per heavy atom. The van der Waals surface area contributed by atoms with Crippen molar-refractivity contribution in [3.05, 3.63) is 53.8 Å². The van der Waals surface area contributed by atoms with Gasteiger partial charge in [0.1, 0.15) is 19.0 Å². The van der Waals surface area contributed by atoms with E-state index >= 15 is 0 Å². The van der Waals surface area contributed by atoms with Gasteiger partial charge in [-0.05, 0) is 30.3 Å². The Hall–Kier alpha value is -2.56. The zero-order chi connectivity index (χ0) is 13.9. The third-order valence-corrected chi connectivity index (χ3v) is 2.89. The Morgan fingerprint density at radius 3 is 2.65 bits per heavy atom. The molecule has 3 rings (SSSR count). The summed E-state index contributed by atoms with van der Waals surface area (Å²) in [5.74, 6) is 0.425. The van der Waals surface area contributed by atoms with E-state index in [2.05, 4.69) is 5.32 Å². The van der Waals surface area contributed by atoms with Gasteiger partial charge in [0.2, 0.25) is 0 Å². The van der Waals surface area contributed by atoms with Gasteiger partial charge in [0.15, 0.2) is 11.5 Å². The Labute approximate surface area is 115 Å². The molecule has 0 atom stereocenters. The van der Waals surface area contributed by atoms with E-state index in [1.54, 1.807) is 24.3 Å². The highest BCUT2D eigenvalue weighted by Crippen LogP contribution is 2.32. The third-order valence-electron chi connectivity index (χ3n) is 2.89. The highest BCUT2D eigenvalue weighted by Gasteiger charge is 2.13. The largest absolute Gasteiger partial charge is 0.486 e. The number of carbonyl (C=O) groups is 1. The second-order valence-electron chi connectivity index (χ2n) is 4.32. The summed E-state index contributed by atoms with van der Waals surface area (Å²) in [6, 6.07) is 10.7. The van der Waals surface area contributed by atoms with Crippen LogP contribution in [0.25, 0.3) is 0 Å². The molecule has 0 unspecified atom stereocenters. The molecule has 4 nitrogen and oxygen atoms in total. The van der Waals surface area contributed by atoms with Gasteiger partial charge < -0.3 is 14.8 Å². The molecule has 1 amide bonds. The van der Waals surface area contributed by atoms with Crippen molar-refractivity contribution in [1.29, 1.82) is 0 Å². The maximum Gasteiger partial charge on any atom is 0.255 e. The number of ether oxygens (including phenoxy) is 2. The Bertz CT molecular complexity index is 657. The topological polar surface area (TPSA) is 47.6 Å². The van der Waals surface area contributed by atoms with Crippen molar-refractivity contribution in [2.45, 2.75) is 0 Å². The minimum absolute atomic E-state index is 0.264. The molecule has 0 saturated heterocycles. The molecule has 0 bridgehead atoms. The fourth-order valence-corrected chi connectivity index (χ4v) is 1.95.